The molecule has 8 heteroatoms. The lowest BCUT2D eigenvalue weighted by atomic mass is 10.1. The van der Waals surface area contributed by atoms with Gasteiger partial charge in [0.2, 0.25) is 0 Å². The van der Waals surface area contributed by atoms with Crippen molar-refractivity contribution >= 4 is 11.6 Å². The number of hydrogen-bond donors (Lipinski definition) is 0. The van der Waals surface area contributed by atoms with Gasteiger partial charge < -0.3 is 9.80 Å². The Kier molecular flexibility index (Phi) is 7.50. The molecule has 0 unspecified atom stereocenters. The zero-order valence-corrected chi connectivity index (χ0v) is 20.7. The number of carbonyl (C=O) groups is 1. The van der Waals surface area contributed by atoms with Gasteiger partial charge in [-0.1, -0.05) is 24.3 Å². The van der Waals surface area contributed by atoms with Gasteiger partial charge in [0.1, 0.15) is 0 Å². The van der Waals surface area contributed by atoms with Gasteiger partial charge in [0.15, 0.2) is 5.82 Å². The molecule has 0 aliphatic rings. The van der Waals surface area contributed by atoms with Gasteiger partial charge in [-0.15, -0.1) is 0 Å². The van der Waals surface area contributed by atoms with Crippen LogP contribution in [0.15, 0.2) is 67.0 Å². The molecule has 0 fully saturated rings. The summed E-state index contributed by atoms with van der Waals surface area (Å²) in [5, 5.41) is 8.41. The molecule has 0 saturated carbocycles. The third kappa shape index (κ3) is 5.37. The van der Waals surface area contributed by atoms with E-state index in [0.717, 1.165) is 35.0 Å². The fourth-order valence-corrected chi connectivity index (χ4v) is 4.22. The third-order valence-electron chi connectivity index (χ3n) is 5.93. The minimum Gasteiger partial charge on any atom is -0.369 e. The fourth-order valence-electron chi connectivity index (χ4n) is 4.22. The molecule has 0 radical (unpaired) electrons. The van der Waals surface area contributed by atoms with Crippen LogP contribution in [-0.4, -0.2) is 61.9 Å². The highest BCUT2D eigenvalue weighted by Crippen LogP contribution is 2.29. The number of hydrogen-bond acceptors (Lipinski definition) is 6. The summed E-state index contributed by atoms with van der Waals surface area (Å²) in [6.45, 7) is 10.7. The molecule has 0 N–H and O–H groups in total. The van der Waals surface area contributed by atoms with Gasteiger partial charge in [-0.3, -0.25) is 4.79 Å². The normalized spacial score (nSPS) is 10.9. The highest BCUT2D eigenvalue weighted by Gasteiger charge is 2.21. The molecule has 35 heavy (non-hydrogen) atoms. The van der Waals surface area contributed by atoms with Crippen LogP contribution in [0.25, 0.3) is 17.1 Å². The zero-order chi connectivity index (χ0) is 24.8. The lowest BCUT2D eigenvalue weighted by Gasteiger charge is -2.29. The predicted molar refractivity (Wildman–Crippen MR) is 138 cm³/mol. The van der Waals surface area contributed by atoms with E-state index >= 15 is 0 Å². The maximum Gasteiger partial charge on any atom is 0.256 e. The maximum absolute atomic E-state index is 13.5. The van der Waals surface area contributed by atoms with Gasteiger partial charge in [0.25, 0.3) is 5.91 Å². The minimum atomic E-state index is -0.0395. The van der Waals surface area contributed by atoms with Crippen LogP contribution in [0.1, 0.15) is 35.6 Å². The molecule has 2 aromatic carbocycles. The second-order valence-corrected chi connectivity index (χ2v) is 8.29. The van der Waals surface area contributed by atoms with Crippen LogP contribution in [-0.2, 0) is 0 Å². The second-order valence-electron chi connectivity index (χ2n) is 8.29. The van der Waals surface area contributed by atoms with Crippen molar-refractivity contribution in [1.29, 1.82) is 0 Å². The third-order valence-corrected chi connectivity index (χ3v) is 5.93. The molecule has 2 heterocycles. The molecule has 0 spiro atoms. The summed E-state index contributed by atoms with van der Waals surface area (Å²) in [6, 6.07) is 17.6. The van der Waals surface area contributed by atoms with Crippen LogP contribution in [0.2, 0.25) is 0 Å². The lowest BCUT2D eigenvalue weighted by molar-refractivity contribution is 0.0768. The first-order valence-electron chi connectivity index (χ1n) is 11.9. The molecule has 180 valence electrons. The molecule has 8 nitrogen and oxygen atoms in total. The Morgan fingerprint density at radius 3 is 2.20 bits per heavy atom. The van der Waals surface area contributed by atoms with Gasteiger partial charge in [-0.05, 0) is 58.0 Å². The summed E-state index contributed by atoms with van der Waals surface area (Å²) >= 11 is 0. The van der Waals surface area contributed by atoms with E-state index in [4.69, 9.17) is 0 Å². The summed E-state index contributed by atoms with van der Waals surface area (Å²) in [7, 11) is 0. The highest BCUT2D eigenvalue weighted by atomic mass is 16.2. The lowest BCUT2D eigenvalue weighted by Crippen LogP contribution is -2.39. The Labute approximate surface area is 206 Å². The van der Waals surface area contributed by atoms with Crippen molar-refractivity contribution in [2.75, 3.05) is 31.1 Å². The Bertz CT molecular complexity index is 1270. The average molecular weight is 470 g/mol. The number of anilines is 1. The molecular weight excluding hydrogens is 438 g/mol. The minimum absolute atomic E-state index is 0.0395. The fraction of sp³-hybridized carbons (Fsp3) is 0.296. The molecule has 0 atom stereocenters. The molecule has 4 aromatic rings. The molecule has 1 amide bonds. The van der Waals surface area contributed by atoms with Crippen LogP contribution < -0.4 is 4.90 Å². The van der Waals surface area contributed by atoms with Crippen molar-refractivity contribution in [2.45, 2.75) is 27.7 Å². The van der Waals surface area contributed by atoms with Crippen LogP contribution in [0.4, 0.5) is 5.69 Å². The van der Waals surface area contributed by atoms with Crippen LogP contribution in [0.3, 0.4) is 0 Å². The molecule has 2 aromatic heterocycles. The van der Waals surface area contributed by atoms with E-state index < -0.39 is 0 Å². The van der Waals surface area contributed by atoms with E-state index in [1.807, 2.05) is 68.1 Å². The number of carbonyl (C=O) groups excluding carboxylic acids is 1. The van der Waals surface area contributed by atoms with E-state index in [2.05, 4.69) is 44.1 Å². The van der Waals surface area contributed by atoms with Crippen molar-refractivity contribution in [2.24, 2.45) is 0 Å². The largest absolute Gasteiger partial charge is 0.369 e. The van der Waals surface area contributed by atoms with Gasteiger partial charge in [0.05, 0.1) is 23.6 Å². The average Bonchev–Trinajstić information content (AvgIpc) is 3.41. The van der Waals surface area contributed by atoms with Gasteiger partial charge in [-0.25, -0.2) is 9.97 Å². The Morgan fingerprint density at radius 1 is 0.857 bits per heavy atom. The number of aryl methyl sites for hydroxylation is 2. The van der Waals surface area contributed by atoms with E-state index in [-0.39, 0.29) is 5.91 Å². The van der Waals surface area contributed by atoms with E-state index in [1.54, 1.807) is 12.4 Å². The first-order valence-corrected chi connectivity index (χ1v) is 11.9. The summed E-state index contributed by atoms with van der Waals surface area (Å²) in [5.74, 6) is 0.683. The summed E-state index contributed by atoms with van der Waals surface area (Å²) in [4.78, 5) is 28.5. The van der Waals surface area contributed by atoms with E-state index in [0.29, 0.717) is 30.9 Å². The van der Waals surface area contributed by atoms with Crippen LogP contribution in [0.5, 0.6) is 0 Å². The standard InChI is InChI=1S/C27H31N7O/c1-5-32(24-13-9-7-11-22(24)26-30-20(3)19-21(4)31-26)17-18-33(6-2)27(35)23-12-8-10-14-25(23)34-28-15-16-29-34/h7-16,19H,5-6,17-18H2,1-4H3. The van der Waals surface area contributed by atoms with Gasteiger partial charge in [-0.2, -0.15) is 15.0 Å². The molecule has 0 saturated heterocycles. The molecule has 0 aliphatic carbocycles. The highest BCUT2D eigenvalue weighted by molar-refractivity contribution is 5.97. The summed E-state index contributed by atoms with van der Waals surface area (Å²) < 4.78 is 0. The number of benzene rings is 2. The number of rotatable bonds is 9. The van der Waals surface area contributed by atoms with Crippen LogP contribution >= 0.6 is 0 Å². The van der Waals surface area contributed by atoms with Gasteiger partial charge in [0, 0.05) is 48.8 Å². The number of aromatic nitrogens is 5. The number of para-hydroxylation sites is 2. The molecule has 0 aliphatic heterocycles. The van der Waals surface area contributed by atoms with E-state index in [1.165, 1.54) is 4.80 Å². The quantitative estimate of drug-likeness (QED) is 0.363. The molecular formula is C27H31N7O. The summed E-state index contributed by atoms with van der Waals surface area (Å²) in [6.07, 6.45) is 3.21. The summed E-state index contributed by atoms with van der Waals surface area (Å²) in [5.41, 5.74) is 5.19. The second kappa shape index (κ2) is 10.9. The monoisotopic (exact) mass is 469 g/mol. The van der Waals surface area contributed by atoms with Crippen molar-refractivity contribution in [1.82, 2.24) is 29.9 Å². The maximum atomic E-state index is 13.5. The Hall–Kier alpha value is -4.07. The number of nitrogens with zero attached hydrogens (tertiary/aromatic N) is 7. The Morgan fingerprint density at radius 2 is 1.51 bits per heavy atom. The van der Waals surface area contributed by atoms with Crippen molar-refractivity contribution in [3.05, 3.63) is 83.9 Å². The van der Waals surface area contributed by atoms with Crippen molar-refractivity contribution < 1.29 is 4.79 Å². The van der Waals surface area contributed by atoms with Crippen LogP contribution in [0, 0.1) is 13.8 Å². The first kappa shape index (κ1) is 24.1. The predicted octanol–water partition coefficient (Wildman–Crippen LogP) is 4.33. The van der Waals surface area contributed by atoms with E-state index in [9.17, 15) is 4.79 Å². The smallest absolute Gasteiger partial charge is 0.256 e. The molecule has 4 rings (SSSR count). The topological polar surface area (TPSA) is 80.0 Å². The molecule has 0 bridgehead atoms. The van der Waals surface area contributed by atoms with Crippen molar-refractivity contribution in [3.8, 4) is 17.1 Å². The first-order chi connectivity index (χ1) is 17.0. The SMILES string of the molecule is CCN(CCN(CC)c1ccccc1-c1nc(C)cc(C)n1)C(=O)c1ccccc1-n1nccn1. The Balaban J connectivity index is 1.57. The van der Waals surface area contributed by atoms with Gasteiger partial charge >= 0.3 is 0 Å². The number of likely N-dealkylation sites (N-methyl/N-ethyl adjacent to an activating group) is 2. The number of amides is 1. The zero-order valence-electron chi connectivity index (χ0n) is 20.7. The van der Waals surface area contributed by atoms with Crippen molar-refractivity contribution in [3.63, 3.8) is 0 Å².